The molecule has 1 aliphatic rings. The van der Waals surface area contributed by atoms with Crippen molar-refractivity contribution in [3.05, 3.63) is 34.1 Å². The van der Waals surface area contributed by atoms with Gasteiger partial charge in [0, 0.05) is 17.6 Å². The van der Waals surface area contributed by atoms with Gasteiger partial charge in [-0.3, -0.25) is 0 Å². The van der Waals surface area contributed by atoms with Gasteiger partial charge in [-0.2, -0.15) is 0 Å². The molecular weight excluding hydrogens is 309 g/mol. The Labute approximate surface area is 122 Å². The van der Waals surface area contributed by atoms with Crippen LogP contribution in [0.4, 0.5) is 4.39 Å². The zero-order valence-electron chi connectivity index (χ0n) is 11.5. The third kappa shape index (κ3) is 3.36. The van der Waals surface area contributed by atoms with Crippen molar-refractivity contribution < 1.29 is 9.13 Å². The van der Waals surface area contributed by atoms with Crippen LogP contribution in [-0.2, 0) is 11.2 Å². The Bertz CT molecular complexity index is 408. The van der Waals surface area contributed by atoms with Gasteiger partial charge in [-0.15, -0.1) is 0 Å². The summed E-state index contributed by atoms with van der Waals surface area (Å²) < 4.78 is 20.0. The molecule has 0 saturated heterocycles. The van der Waals surface area contributed by atoms with E-state index >= 15 is 0 Å². The maximum absolute atomic E-state index is 13.5. The number of benzene rings is 1. The lowest BCUT2D eigenvalue weighted by Gasteiger charge is -2.47. The minimum absolute atomic E-state index is 0.0746. The fraction of sp³-hybridized carbons (Fsp3) is 0.600. The van der Waals surface area contributed by atoms with Crippen LogP contribution in [0, 0.1) is 5.82 Å². The van der Waals surface area contributed by atoms with Gasteiger partial charge in [0.1, 0.15) is 5.82 Å². The first-order chi connectivity index (χ1) is 9.09. The molecule has 1 N–H and O–H groups in total. The van der Waals surface area contributed by atoms with Crippen molar-refractivity contribution in [1.29, 1.82) is 0 Å². The van der Waals surface area contributed by atoms with Gasteiger partial charge in [0.15, 0.2) is 0 Å². The molecule has 19 heavy (non-hydrogen) atoms. The average Bonchev–Trinajstić information content (AvgIpc) is 2.27. The smallest absolute Gasteiger partial charge is 0.124 e. The molecule has 1 aliphatic carbocycles. The first-order valence-electron chi connectivity index (χ1n) is 6.83. The highest BCUT2D eigenvalue weighted by Gasteiger charge is 2.43. The summed E-state index contributed by atoms with van der Waals surface area (Å²) in [6.45, 7) is 2.99. The SMILES string of the molecule is CCNC(Cc1cc(F)cc(Br)c1)C1(OC)CCC1. The highest BCUT2D eigenvalue weighted by atomic mass is 79.9. The van der Waals surface area contributed by atoms with Crippen molar-refractivity contribution in [2.75, 3.05) is 13.7 Å². The molecule has 4 heteroatoms. The van der Waals surface area contributed by atoms with Crippen LogP contribution in [0.25, 0.3) is 0 Å². The van der Waals surface area contributed by atoms with E-state index in [4.69, 9.17) is 4.74 Å². The quantitative estimate of drug-likeness (QED) is 0.859. The standard InChI is InChI=1S/C15H21BrFNO/c1-3-18-14(15(19-2)5-4-6-15)9-11-7-12(16)10-13(17)8-11/h7-8,10,14,18H,3-6,9H2,1-2H3. The van der Waals surface area contributed by atoms with Gasteiger partial charge in [0.25, 0.3) is 0 Å². The fourth-order valence-corrected chi connectivity index (χ4v) is 3.39. The molecule has 0 spiro atoms. The van der Waals surface area contributed by atoms with E-state index in [0.717, 1.165) is 35.8 Å². The number of ether oxygens (including phenoxy) is 1. The van der Waals surface area contributed by atoms with Crippen LogP contribution >= 0.6 is 15.9 Å². The second-order valence-electron chi connectivity index (χ2n) is 5.21. The Balaban J connectivity index is 2.16. The monoisotopic (exact) mass is 329 g/mol. The summed E-state index contributed by atoms with van der Waals surface area (Å²) in [7, 11) is 1.78. The number of nitrogens with one attached hydrogen (secondary N) is 1. The number of methoxy groups -OCH3 is 1. The lowest BCUT2D eigenvalue weighted by Crippen LogP contribution is -2.57. The second-order valence-corrected chi connectivity index (χ2v) is 6.13. The Hall–Kier alpha value is -0.450. The summed E-state index contributed by atoms with van der Waals surface area (Å²) in [5.41, 5.74) is 0.926. The molecule has 1 saturated carbocycles. The zero-order chi connectivity index (χ0) is 13.9. The molecule has 1 aromatic rings. The van der Waals surface area contributed by atoms with Crippen molar-refractivity contribution in [3.8, 4) is 0 Å². The zero-order valence-corrected chi connectivity index (χ0v) is 13.1. The highest BCUT2D eigenvalue weighted by Crippen LogP contribution is 2.39. The molecule has 1 aromatic carbocycles. The largest absolute Gasteiger partial charge is 0.377 e. The maximum Gasteiger partial charge on any atom is 0.124 e. The van der Waals surface area contributed by atoms with Gasteiger partial charge in [-0.25, -0.2) is 4.39 Å². The van der Waals surface area contributed by atoms with E-state index in [1.165, 1.54) is 12.5 Å². The second kappa shape index (κ2) is 6.33. The van der Waals surface area contributed by atoms with Crippen molar-refractivity contribution in [2.45, 2.75) is 44.2 Å². The molecule has 2 rings (SSSR count). The molecule has 0 bridgehead atoms. The van der Waals surface area contributed by atoms with Crippen molar-refractivity contribution >= 4 is 15.9 Å². The summed E-state index contributed by atoms with van der Waals surface area (Å²) in [6.07, 6.45) is 4.16. The van der Waals surface area contributed by atoms with Crippen LogP contribution in [-0.4, -0.2) is 25.3 Å². The van der Waals surface area contributed by atoms with E-state index in [2.05, 4.69) is 28.2 Å². The molecule has 0 amide bonds. The summed E-state index contributed by atoms with van der Waals surface area (Å²) in [6, 6.07) is 5.32. The third-order valence-corrected chi connectivity index (χ3v) is 4.51. The summed E-state index contributed by atoms with van der Waals surface area (Å²) in [5, 5.41) is 3.50. The average molecular weight is 330 g/mol. The summed E-state index contributed by atoms with van der Waals surface area (Å²) in [4.78, 5) is 0. The molecule has 0 aliphatic heterocycles. The molecule has 0 heterocycles. The number of rotatable bonds is 6. The van der Waals surface area contributed by atoms with Crippen LogP contribution in [0.5, 0.6) is 0 Å². The number of hydrogen-bond donors (Lipinski definition) is 1. The van der Waals surface area contributed by atoms with Crippen molar-refractivity contribution in [3.63, 3.8) is 0 Å². The van der Waals surface area contributed by atoms with Gasteiger partial charge in [-0.05, 0) is 56.0 Å². The van der Waals surface area contributed by atoms with Crippen LogP contribution in [0.3, 0.4) is 0 Å². The number of hydrogen-bond acceptors (Lipinski definition) is 2. The highest BCUT2D eigenvalue weighted by molar-refractivity contribution is 9.10. The van der Waals surface area contributed by atoms with E-state index in [1.54, 1.807) is 13.2 Å². The molecular formula is C15H21BrFNO. The lowest BCUT2D eigenvalue weighted by molar-refractivity contribution is -0.0978. The van der Waals surface area contributed by atoms with Crippen molar-refractivity contribution in [1.82, 2.24) is 5.32 Å². The molecule has 0 radical (unpaired) electrons. The molecule has 0 aromatic heterocycles. The van der Waals surface area contributed by atoms with Gasteiger partial charge in [-0.1, -0.05) is 22.9 Å². The third-order valence-electron chi connectivity index (χ3n) is 4.05. The predicted molar refractivity (Wildman–Crippen MR) is 78.9 cm³/mol. The minimum atomic E-state index is -0.195. The predicted octanol–water partition coefficient (Wildman–Crippen LogP) is 3.68. The topological polar surface area (TPSA) is 21.3 Å². The van der Waals surface area contributed by atoms with E-state index < -0.39 is 0 Å². The Morgan fingerprint density at radius 3 is 2.63 bits per heavy atom. The van der Waals surface area contributed by atoms with Gasteiger partial charge >= 0.3 is 0 Å². The summed E-state index contributed by atoms with van der Waals surface area (Å²) >= 11 is 3.35. The number of halogens is 2. The fourth-order valence-electron chi connectivity index (χ4n) is 2.88. The molecule has 1 unspecified atom stereocenters. The first kappa shape index (κ1) is 14.9. The van der Waals surface area contributed by atoms with Crippen LogP contribution in [0.15, 0.2) is 22.7 Å². The van der Waals surface area contributed by atoms with Gasteiger partial charge in [0.2, 0.25) is 0 Å². The van der Waals surface area contributed by atoms with E-state index in [9.17, 15) is 4.39 Å². The maximum atomic E-state index is 13.5. The number of likely N-dealkylation sites (N-methyl/N-ethyl adjacent to an activating group) is 1. The molecule has 2 nitrogen and oxygen atoms in total. The minimum Gasteiger partial charge on any atom is -0.377 e. The van der Waals surface area contributed by atoms with E-state index in [1.807, 2.05) is 6.07 Å². The van der Waals surface area contributed by atoms with Crippen LogP contribution < -0.4 is 5.32 Å². The summed E-state index contributed by atoms with van der Waals surface area (Å²) in [5.74, 6) is -0.195. The first-order valence-corrected chi connectivity index (χ1v) is 7.62. The Morgan fingerprint density at radius 2 is 2.16 bits per heavy atom. The Kier molecular flexibility index (Phi) is 4.98. The molecule has 1 atom stereocenters. The van der Waals surface area contributed by atoms with Gasteiger partial charge < -0.3 is 10.1 Å². The normalized spacial score (nSPS) is 18.9. The van der Waals surface area contributed by atoms with Crippen LogP contribution in [0.1, 0.15) is 31.7 Å². The Morgan fingerprint density at radius 1 is 1.42 bits per heavy atom. The molecule has 106 valence electrons. The molecule has 1 fully saturated rings. The van der Waals surface area contributed by atoms with Crippen LogP contribution in [0.2, 0.25) is 0 Å². The van der Waals surface area contributed by atoms with Crippen molar-refractivity contribution in [2.24, 2.45) is 0 Å². The van der Waals surface area contributed by atoms with E-state index in [0.29, 0.717) is 0 Å². The lowest BCUT2D eigenvalue weighted by atomic mass is 9.72. The van der Waals surface area contributed by atoms with Gasteiger partial charge in [0.05, 0.1) is 5.60 Å². The van der Waals surface area contributed by atoms with E-state index in [-0.39, 0.29) is 17.5 Å².